The molecule has 0 aliphatic heterocycles. The van der Waals surface area contributed by atoms with Gasteiger partial charge in [-0.3, -0.25) is 4.79 Å². The number of ether oxygens (including phenoxy) is 1. The number of carbonyl (C=O) groups is 1. The highest BCUT2D eigenvalue weighted by Crippen LogP contribution is 2.26. The number of methoxy groups -OCH3 is 1. The summed E-state index contributed by atoms with van der Waals surface area (Å²) in [7, 11) is 1.64. The maximum Gasteiger partial charge on any atom is 0.230 e. The molecule has 0 saturated heterocycles. The molecule has 0 saturated carbocycles. The van der Waals surface area contributed by atoms with Crippen molar-refractivity contribution < 1.29 is 9.53 Å². The minimum atomic E-state index is -0.0946. The zero-order chi connectivity index (χ0) is 16.8. The summed E-state index contributed by atoms with van der Waals surface area (Å²) < 4.78 is 6.42. The lowest BCUT2D eigenvalue weighted by Gasteiger charge is -2.18. The Kier molecular flexibility index (Phi) is 6.54. The largest absolute Gasteiger partial charge is 0.496 e. The topological polar surface area (TPSA) is 38.3 Å². The molecular formula is C18H20BrNO2S. The average Bonchev–Trinajstić information content (AvgIpc) is 2.54. The zero-order valence-electron chi connectivity index (χ0n) is 13.4. The van der Waals surface area contributed by atoms with Gasteiger partial charge in [0.2, 0.25) is 5.91 Å². The Bertz CT molecular complexity index is 673. The Labute approximate surface area is 149 Å². The van der Waals surface area contributed by atoms with E-state index in [1.165, 1.54) is 11.8 Å². The molecule has 2 aromatic carbocycles. The summed E-state index contributed by atoms with van der Waals surface area (Å²) in [6.45, 7) is 4.00. The van der Waals surface area contributed by atoms with Crippen LogP contribution < -0.4 is 10.1 Å². The zero-order valence-corrected chi connectivity index (χ0v) is 15.8. The minimum Gasteiger partial charge on any atom is -0.496 e. The first kappa shape index (κ1) is 17.9. The first-order valence-electron chi connectivity index (χ1n) is 7.32. The van der Waals surface area contributed by atoms with Crippen LogP contribution in [-0.2, 0) is 4.79 Å². The van der Waals surface area contributed by atoms with E-state index in [0.717, 1.165) is 26.2 Å². The van der Waals surface area contributed by atoms with Gasteiger partial charge in [0.1, 0.15) is 5.75 Å². The van der Waals surface area contributed by atoms with E-state index in [4.69, 9.17) is 4.74 Å². The summed E-state index contributed by atoms with van der Waals surface area (Å²) in [5.41, 5.74) is 2.14. The summed E-state index contributed by atoms with van der Waals surface area (Å²) in [6, 6.07) is 13.8. The fraction of sp³-hybridized carbons (Fsp3) is 0.278. The normalized spacial score (nSPS) is 11.8. The van der Waals surface area contributed by atoms with Crippen molar-refractivity contribution in [2.24, 2.45) is 0 Å². The highest BCUT2D eigenvalue weighted by Gasteiger charge is 2.14. The summed E-state index contributed by atoms with van der Waals surface area (Å²) in [6.07, 6.45) is 0. The van der Waals surface area contributed by atoms with Gasteiger partial charge in [-0.25, -0.2) is 0 Å². The third-order valence-electron chi connectivity index (χ3n) is 3.41. The number of carbonyl (C=O) groups excluding carboxylic acids is 1. The molecule has 23 heavy (non-hydrogen) atoms. The monoisotopic (exact) mass is 393 g/mol. The number of nitrogens with one attached hydrogen (secondary N) is 1. The number of halogens is 1. The van der Waals surface area contributed by atoms with Crippen molar-refractivity contribution in [1.82, 2.24) is 5.32 Å². The van der Waals surface area contributed by atoms with Crippen molar-refractivity contribution in [2.45, 2.75) is 24.8 Å². The molecule has 0 fully saturated rings. The molecule has 0 aliphatic rings. The van der Waals surface area contributed by atoms with Crippen LogP contribution in [0, 0.1) is 6.92 Å². The fourth-order valence-electron chi connectivity index (χ4n) is 2.23. The van der Waals surface area contributed by atoms with E-state index in [0.29, 0.717) is 5.75 Å². The quantitative estimate of drug-likeness (QED) is 0.720. The van der Waals surface area contributed by atoms with Gasteiger partial charge in [-0.2, -0.15) is 0 Å². The molecule has 0 aliphatic carbocycles. The van der Waals surface area contributed by atoms with Gasteiger partial charge in [0.05, 0.1) is 18.9 Å². The Hall–Kier alpha value is -1.46. The van der Waals surface area contributed by atoms with E-state index >= 15 is 0 Å². The maximum atomic E-state index is 12.2. The highest BCUT2D eigenvalue weighted by molar-refractivity contribution is 9.10. The third kappa shape index (κ3) is 5.29. The predicted octanol–water partition coefficient (Wildman–Crippen LogP) is 4.74. The third-order valence-corrected chi connectivity index (χ3v) is 4.95. The first-order valence-corrected chi connectivity index (χ1v) is 9.09. The lowest BCUT2D eigenvalue weighted by Crippen LogP contribution is -2.28. The number of thioether (sulfide) groups is 1. The fourth-order valence-corrected chi connectivity index (χ4v) is 3.21. The van der Waals surface area contributed by atoms with Crippen molar-refractivity contribution in [1.29, 1.82) is 0 Å². The van der Waals surface area contributed by atoms with Crippen molar-refractivity contribution in [3.8, 4) is 5.75 Å². The standard InChI is InChI=1S/C18H20BrNO2S/c1-12-4-9-17(22-3)16(10-12)13(2)20-18(21)11-23-15-7-5-14(19)6-8-15/h4-10,13H,11H2,1-3H3,(H,20,21). The van der Waals surface area contributed by atoms with Crippen LogP contribution in [0.2, 0.25) is 0 Å². The van der Waals surface area contributed by atoms with E-state index in [9.17, 15) is 4.79 Å². The van der Waals surface area contributed by atoms with Crippen LogP contribution in [0.4, 0.5) is 0 Å². The van der Waals surface area contributed by atoms with Gasteiger partial charge in [0.15, 0.2) is 0 Å². The smallest absolute Gasteiger partial charge is 0.230 e. The van der Waals surface area contributed by atoms with E-state index in [1.54, 1.807) is 7.11 Å². The van der Waals surface area contributed by atoms with Crippen molar-refractivity contribution in [3.63, 3.8) is 0 Å². The van der Waals surface area contributed by atoms with Gasteiger partial charge in [-0.1, -0.05) is 33.6 Å². The Morgan fingerprint density at radius 3 is 2.61 bits per heavy atom. The number of rotatable bonds is 6. The Morgan fingerprint density at radius 2 is 1.96 bits per heavy atom. The van der Waals surface area contributed by atoms with Gasteiger partial charge in [0.25, 0.3) is 0 Å². The lowest BCUT2D eigenvalue weighted by molar-refractivity contribution is -0.119. The number of aryl methyl sites for hydroxylation is 1. The summed E-state index contributed by atoms with van der Waals surface area (Å²) in [5.74, 6) is 1.19. The second kappa shape index (κ2) is 8.41. The molecule has 122 valence electrons. The van der Waals surface area contributed by atoms with Gasteiger partial charge in [-0.15, -0.1) is 11.8 Å². The van der Waals surface area contributed by atoms with E-state index in [1.807, 2.05) is 56.3 Å². The van der Waals surface area contributed by atoms with Gasteiger partial charge in [0, 0.05) is 14.9 Å². The number of benzene rings is 2. The highest BCUT2D eigenvalue weighted by atomic mass is 79.9. The molecule has 0 aromatic heterocycles. The molecular weight excluding hydrogens is 374 g/mol. The van der Waals surface area contributed by atoms with Gasteiger partial charge < -0.3 is 10.1 Å². The van der Waals surface area contributed by atoms with E-state index in [-0.39, 0.29) is 11.9 Å². The molecule has 0 bridgehead atoms. The summed E-state index contributed by atoms with van der Waals surface area (Å²) >= 11 is 4.93. The number of hydrogen-bond acceptors (Lipinski definition) is 3. The Balaban J connectivity index is 1.94. The molecule has 0 spiro atoms. The van der Waals surface area contributed by atoms with Crippen molar-refractivity contribution in [2.75, 3.05) is 12.9 Å². The molecule has 0 heterocycles. The van der Waals surface area contributed by atoms with Crippen molar-refractivity contribution in [3.05, 3.63) is 58.1 Å². The van der Waals surface area contributed by atoms with Gasteiger partial charge in [-0.05, 0) is 44.2 Å². The molecule has 2 aromatic rings. The molecule has 1 unspecified atom stereocenters. The SMILES string of the molecule is COc1ccc(C)cc1C(C)NC(=O)CSc1ccc(Br)cc1. The van der Waals surface area contributed by atoms with E-state index < -0.39 is 0 Å². The molecule has 5 heteroatoms. The molecule has 2 rings (SSSR count). The van der Waals surface area contributed by atoms with Crippen LogP contribution >= 0.6 is 27.7 Å². The molecule has 1 atom stereocenters. The molecule has 3 nitrogen and oxygen atoms in total. The van der Waals surface area contributed by atoms with Gasteiger partial charge >= 0.3 is 0 Å². The van der Waals surface area contributed by atoms with Crippen LogP contribution in [0.1, 0.15) is 24.1 Å². The van der Waals surface area contributed by atoms with E-state index in [2.05, 4.69) is 21.2 Å². The maximum absolute atomic E-state index is 12.2. The number of hydrogen-bond donors (Lipinski definition) is 1. The lowest BCUT2D eigenvalue weighted by atomic mass is 10.0. The second-order valence-corrected chi connectivity index (χ2v) is 7.24. The first-order chi connectivity index (χ1) is 11.0. The molecule has 0 radical (unpaired) electrons. The van der Waals surface area contributed by atoms with Crippen LogP contribution in [0.15, 0.2) is 51.8 Å². The minimum absolute atomic E-state index is 0.00831. The number of amides is 1. The van der Waals surface area contributed by atoms with Crippen molar-refractivity contribution >= 4 is 33.6 Å². The second-order valence-electron chi connectivity index (χ2n) is 5.28. The molecule has 1 N–H and O–H groups in total. The molecule has 1 amide bonds. The van der Waals surface area contributed by atoms with Crippen LogP contribution in [0.3, 0.4) is 0 Å². The summed E-state index contributed by atoms with van der Waals surface area (Å²) in [4.78, 5) is 13.2. The summed E-state index contributed by atoms with van der Waals surface area (Å²) in [5, 5.41) is 3.03. The Morgan fingerprint density at radius 1 is 1.26 bits per heavy atom. The predicted molar refractivity (Wildman–Crippen MR) is 99.2 cm³/mol. The van der Waals surface area contributed by atoms with Crippen LogP contribution in [0.25, 0.3) is 0 Å². The van der Waals surface area contributed by atoms with Crippen LogP contribution in [-0.4, -0.2) is 18.8 Å². The average molecular weight is 394 g/mol. The van der Waals surface area contributed by atoms with Crippen LogP contribution in [0.5, 0.6) is 5.75 Å².